The van der Waals surface area contributed by atoms with E-state index in [1.54, 1.807) is 10.9 Å². The van der Waals surface area contributed by atoms with Crippen molar-refractivity contribution in [1.29, 1.82) is 0 Å². The molecule has 0 bridgehead atoms. The first-order valence-electron chi connectivity index (χ1n) is 5.00. The second kappa shape index (κ2) is 4.53. The van der Waals surface area contributed by atoms with Gasteiger partial charge in [-0.1, -0.05) is 11.6 Å². The molecule has 0 atom stereocenters. The number of nitrogens with zero attached hydrogens (tertiary/aromatic N) is 3. The monoisotopic (exact) mass is 236 g/mol. The van der Waals surface area contributed by atoms with Crippen LogP contribution in [-0.4, -0.2) is 14.8 Å². The smallest absolute Gasteiger partial charge is 0.152 e. The summed E-state index contributed by atoms with van der Waals surface area (Å²) in [4.78, 5) is 4.00. The molecule has 2 aromatic rings. The zero-order valence-corrected chi connectivity index (χ0v) is 9.99. The van der Waals surface area contributed by atoms with Gasteiger partial charge >= 0.3 is 0 Å². The Labute approximate surface area is 99.3 Å². The summed E-state index contributed by atoms with van der Waals surface area (Å²) in [5.74, 6) is 0. The first kappa shape index (κ1) is 11.0. The van der Waals surface area contributed by atoms with E-state index >= 15 is 0 Å². The van der Waals surface area contributed by atoms with Crippen LogP contribution in [0.3, 0.4) is 0 Å². The van der Waals surface area contributed by atoms with Gasteiger partial charge in [0.1, 0.15) is 0 Å². The van der Waals surface area contributed by atoms with Crippen LogP contribution < -0.4 is 5.32 Å². The Morgan fingerprint density at radius 3 is 2.94 bits per heavy atom. The first-order valence-corrected chi connectivity index (χ1v) is 5.38. The Kier molecular flexibility index (Phi) is 3.10. The van der Waals surface area contributed by atoms with Gasteiger partial charge in [-0.15, -0.1) is 0 Å². The second-order valence-corrected chi connectivity index (χ2v) is 3.97. The maximum atomic E-state index is 5.94. The molecule has 5 heteroatoms. The normalized spacial score (nSPS) is 10.4. The summed E-state index contributed by atoms with van der Waals surface area (Å²) in [7, 11) is 1.91. The van der Waals surface area contributed by atoms with Gasteiger partial charge in [0, 0.05) is 31.5 Å². The second-order valence-electron chi connectivity index (χ2n) is 3.61. The molecule has 16 heavy (non-hydrogen) atoms. The quantitative estimate of drug-likeness (QED) is 0.833. The van der Waals surface area contributed by atoms with Gasteiger partial charge in [0.05, 0.1) is 11.4 Å². The van der Waals surface area contributed by atoms with Gasteiger partial charge in [-0.2, -0.15) is 5.10 Å². The van der Waals surface area contributed by atoms with E-state index in [1.807, 2.05) is 32.3 Å². The van der Waals surface area contributed by atoms with Crippen molar-refractivity contribution in [2.75, 3.05) is 5.32 Å². The lowest BCUT2D eigenvalue weighted by atomic mass is 10.2. The Morgan fingerprint density at radius 1 is 1.50 bits per heavy atom. The van der Waals surface area contributed by atoms with Crippen LogP contribution >= 0.6 is 11.6 Å². The van der Waals surface area contributed by atoms with E-state index in [0.29, 0.717) is 11.7 Å². The summed E-state index contributed by atoms with van der Waals surface area (Å²) < 4.78 is 1.80. The fraction of sp³-hybridized carbons (Fsp3) is 0.273. The highest BCUT2D eigenvalue weighted by molar-refractivity contribution is 6.31. The van der Waals surface area contributed by atoms with E-state index in [0.717, 1.165) is 16.9 Å². The lowest BCUT2D eigenvalue weighted by molar-refractivity contribution is 0.756. The van der Waals surface area contributed by atoms with Crippen molar-refractivity contribution in [2.45, 2.75) is 13.5 Å². The van der Waals surface area contributed by atoms with Crippen molar-refractivity contribution in [3.63, 3.8) is 0 Å². The molecule has 84 valence electrons. The number of hydrogen-bond donors (Lipinski definition) is 1. The number of hydrogen-bond acceptors (Lipinski definition) is 3. The van der Waals surface area contributed by atoms with E-state index in [-0.39, 0.29) is 0 Å². The Hall–Kier alpha value is -1.55. The predicted octanol–water partition coefficient (Wildman–Crippen LogP) is 2.39. The zero-order valence-electron chi connectivity index (χ0n) is 9.24. The number of pyridine rings is 1. The molecule has 0 saturated carbocycles. The van der Waals surface area contributed by atoms with E-state index in [2.05, 4.69) is 15.4 Å². The van der Waals surface area contributed by atoms with Crippen molar-refractivity contribution in [3.05, 3.63) is 40.9 Å². The summed E-state index contributed by atoms with van der Waals surface area (Å²) in [6.45, 7) is 2.69. The third-order valence-electron chi connectivity index (χ3n) is 2.34. The minimum Gasteiger partial charge on any atom is -0.378 e. The van der Waals surface area contributed by atoms with Crippen LogP contribution in [0.4, 0.5) is 5.69 Å². The number of rotatable bonds is 3. The molecule has 0 amide bonds. The van der Waals surface area contributed by atoms with Crippen molar-refractivity contribution in [1.82, 2.24) is 14.8 Å². The van der Waals surface area contributed by atoms with Crippen LogP contribution in [0.15, 0.2) is 24.5 Å². The average molecular weight is 237 g/mol. The summed E-state index contributed by atoms with van der Waals surface area (Å²) in [5.41, 5.74) is 3.02. The third kappa shape index (κ3) is 2.33. The molecular formula is C11H13ClN4. The van der Waals surface area contributed by atoms with E-state index in [1.165, 1.54) is 0 Å². The van der Waals surface area contributed by atoms with Crippen LogP contribution in [0, 0.1) is 6.92 Å². The molecule has 0 aliphatic carbocycles. The molecule has 2 aromatic heterocycles. The van der Waals surface area contributed by atoms with E-state index < -0.39 is 0 Å². The molecule has 0 aromatic carbocycles. The number of aryl methyl sites for hydroxylation is 2. The molecule has 1 N–H and O–H groups in total. The zero-order chi connectivity index (χ0) is 11.5. The van der Waals surface area contributed by atoms with Crippen LogP contribution in [0.1, 0.15) is 11.3 Å². The highest BCUT2D eigenvalue weighted by Gasteiger charge is 2.04. The third-order valence-corrected chi connectivity index (χ3v) is 2.64. The maximum Gasteiger partial charge on any atom is 0.152 e. The Morgan fingerprint density at radius 2 is 2.31 bits per heavy atom. The fourth-order valence-corrected chi connectivity index (χ4v) is 1.72. The molecule has 0 spiro atoms. The molecule has 0 unspecified atom stereocenters. The van der Waals surface area contributed by atoms with Crippen molar-refractivity contribution in [2.24, 2.45) is 7.05 Å². The lowest BCUT2D eigenvalue weighted by Gasteiger charge is -2.06. The SMILES string of the molecule is Cc1nn(C)cc1CNc1cccnc1Cl. The molecule has 0 radical (unpaired) electrons. The van der Waals surface area contributed by atoms with Gasteiger partial charge in [-0.3, -0.25) is 4.68 Å². The molecule has 2 rings (SSSR count). The largest absolute Gasteiger partial charge is 0.378 e. The molecule has 0 aliphatic heterocycles. The van der Waals surface area contributed by atoms with Gasteiger partial charge in [0.15, 0.2) is 5.15 Å². The van der Waals surface area contributed by atoms with Gasteiger partial charge in [0.2, 0.25) is 0 Å². The first-order chi connectivity index (χ1) is 7.66. The van der Waals surface area contributed by atoms with Gasteiger partial charge in [-0.05, 0) is 19.1 Å². The molecule has 4 nitrogen and oxygen atoms in total. The topological polar surface area (TPSA) is 42.7 Å². The van der Waals surface area contributed by atoms with Gasteiger partial charge in [0.25, 0.3) is 0 Å². The molecule has 2 heterocycles. The van der Waals surface area contributed by atoms with Crippen molar-refractivity contribution >= 4 is 17.3 Å². The Bertz CT molecular complexity index is 492. The molecule has 0 fully saturated rings. The van der Waals surface area contributed by atoms with Crippen LogP contribution in [-0.2, 0) is 13.6 Å². The summed E-state index contributed by atoms with van der Waals surface area (Å²) in [5, 5.41) is 8.00. The predicted molar refractivity (Wildman–Crippen MR) is 64.5 cm³/mol. The van der Waals surface area contributed by atoms with E-state index in [4.69, 9.17) is 11.6 Å². The number of nitrogens with one attached hydrogen (secondary N) is 1. The number of aromatic nitrogens is 3. The van der Waals surface area contributed by atoms with Gasteiger partial charge < -0.3 is 5.32 Å². The maximum absolute atomic E-state index is 5.94. The lowest BCUT2D eigenvalue weighted by Crippen LogP contribution is -2.00. The van der Waals surface area contributed by atoms with Crippen LogP contribution in [0.25, 0.3) is 0 Å². The van der Waals surface area contributed by atoms with Crippen LogP contribution in [0.5, 0.6) is 0 Å². The van der Waals surface area contributed by atoms with Gasteiger partial charge in [-0.25, -0.2) is 4.98 Å². The van der Waals surface area contributed by atoms with Crippen molar-refractivity contribution in [3.8, 4) is 0 Å². The summed E-state index contributed by atoms with van der Waals surface area (Å²) >= 11 is 5.94. The summed E-state index contributed by atoms with van der Waals surface area (Å²) in [6, 6.07) is 3.76. The summed E-state index contributed by atoms with van der Waals surface area (Å²) in [6.07, 6.45) is 3.66. The minimum absolute atomic E-state index is 0.490. The minimum atomic E-state index is 0.490. The highest BCUT2D eigenvalue weighted by Crippen LogP contribution is 2.18. The average Bonchev–Trinajstić information content (AvgIpc) is 2.56. The van der Waals surface area contributed by atoms with Crippen LogP contribution in [0.2, 0.25) is 5.15 Å². The standard InChI is InChI=1S/C11H13ClN4/c1-8-9(7-16(2)15-8)6-14-10-4-3-5-13-11(10)12/h3-5,7,14H,6H2,1-2H3. The number of halogens is 1. The van der Waals surface area contributed by atoms with E-state index in [9.17, 15) is 0 Å². The molecule has 0 saturated heterocycles. The number of anilines is 1. The molecule has 0 aliphatic rings. The Balaban J connectivity index is 2.08. The molecular weight excluding hydrogens is 224 g/mol. The fourth-order valence-electron chi connectivity index (χ4n) is 1.53. The highest BCUT2D eigenvalue weighted by atomic mass is 35.5. The van der Waals surface area contributed by atoms with Crippen molar-refractivity contribution < 1.29 is 0 Å².